The second-order valence-corrected chi connectivity index (χ2v) is 6.69. The van der Waals surface area contributed by atoms with Crippen LogP contribution in [-0.2, 0) is 9.53 Å². The minimum atomic E-state index is -1.05. The molecule has 136 valence electrons. The lowest BCUT2D eigenvalue weighted by molar-refractivity contribution is -0.117. The predicted octanol–water partition coefficient (Wildman–Crippen LogP) is 4.12. The van der Waals surface area contributed by atoms with Gasteiger partial charge < -0.3 is 15.2 Å². The van der Waals surface area contributed by atoms with E-state index < -0.39 is 5.97 Å². The van der Waals surface area contributed by atoms with Crippen molar-refractivity contribution in [2.45, 2.75) is 26.2 Å². The van der Waals surface area contributed by atoms with Crippen LogP contribution in [0.4, 0.5) is 5.69 Å². The number of aromatic carboxylic acids is 1. The third-order valence-electron chi connectivity index (χ3n) is 4.80. The summed E-state index contributed by atoms with van der Waals surface area (Å²) in [4.78, 5) is 24.0. The van der Waals surface area contributed by atoms with Gasteiger partial charge in [-0.2, -0.15) is 0 Å². The van der Waals surface area contributed by atoms with E-state index >= 15 is 0 Å². The number of benzene rings is 2. The fourth-order valence-corrected chi connectivity index (χ4v) is 3.31. The summed E-state index contributed by atoms with van der Waals surface area (Å²) in [6.07, 6.45) is 2.11. The van der Waals surface area contributed by atoms with Gasteiger partial charge in [-0.15, -0.1) is 0 Å². The Morgan fingerprint density at radius 2 is 1.88 bits per heavy atom. The molecule has 1 heterocycles. The molecule has 0 radical (unpaired) electrons. The van der Waals surface area contributed by atoms with Crippen molar-refractivity contribution < 1.29 is 19.4 Å². The highest BCUT2D eigenvalue weighted by Crippen LogP contribution is 2.29. The zero-order valence-corrected chi connectivity index (χ0v) is 14.8. The number of carbonyl (C=O) groups excluding carboxylic acids is 1. The van der Waals surface area contributed by atoms with Crippen molar-refractivity contribution in [1.29, 1.82) is 0 Å². The number of amides is 1. The molecule has 0 aliphatic carbocycles. The van der Waals surface area contributed by atoms with Gasteiger partial charge in [0.1, 0.15) is 0 Å². The van der Waals surface area contributed by atoms with E-state index in [1.54, 1.807) is 18.2 Å². The third kappa shape index (κ3) is 4.29. The smallest absolute Gasteiger partial charge is 0.337 e. The molecule has 0 saturated carbocycles. The van der Waals surface area contributed by atoms with Gasteiger partial charge in [0.15, 0.2) is 0 Å². The number of anilines is 1. The van der Waals surface area contributed by atoms with Crippen LogP contribution in [0.15, 0.2) is 42.5 Å². The van der Waals surface area contributed by atoms with Gasteiger partial charge in [-0.3, -0.25) is 4.79 Å². The normalized spacial score (nSPS) is 14.8. The molecule has 1 saturated heterocycles. The van der Waals surface area contributed by atoms with E-state index in [1.165, 1.54) is 0 Å². The van der Waals surface area contributed by atoms with Gasteiger partial charge in [0.2, 0.25) is 5.91 Å². The average Bonchev–Trinajstić information content (AvgIpc) is 2.62. The SMILES string of the molecule is Cc1ccccc1-c1ccc(C(=O)O)c(NC(=O)CC2CCOCC2)c1. The Kier molecular flexibility index (Phi) is 5.68. The van der Waals surface area contributed by atoms with Gasteiger partial charge in [0.05, 0.1) is 11.3 Å². The van der Waals surface area contributed by atoms with Crippen LogP contribution >= 0.6 is 0 Å². The molecule has 2 aromatic rings. The molecule has 1 aliphatic rings. The van der Waals surface area contributed by atoms with Crippen LogP contribution in [0.2, 0.25) is 0 Å². The molecule has 0 aromatic heterocycles. The molecule has 0 unspecified atom stereocenters. The van der Waals surface area contributed by atoms with E-state index in [0.717, 1.165) is 29.5 Å². The summed E-state index contributed by atoms with van der Waals surface area (Å²) in [5.74, 6) is -0.916. The van der Waals surface area contributed by atoms with E-state index in [0.29, 0.717) is 25.3 Å². The Labute approximate surface area is 153 Å². The minimum absolute atomic E-state index is 0.0997. The Balaban J connectivity index is 1.84. The summed E-state index contributed by atoms with van der Waals surface area (Å²) in [6.45, 7) is 3.37. The molecule has 2 N–H and O–H groups in total. The second-order valence-electron chi connectivity index (χ2n) is 6.69. The van der Waals surface area contributed by atoms with Crippen LogP contribution in [0.25, 0.3) is 11.1 Å². The van der Waals surface area contributed by atoms with Crippen LogP contribution in [0.5, 0.6) is 0 Å². The molecule has 26 heavy (non-hydrogen) atoms. The lowest BCUT2D eigenvalue weighted by Crippen LogP contribution is -2.23. The number of carboxylic acids is 1. The molecule has 1 aliphatic heterocycles. The number of ether oxygens (including phenoxy) is 1. The number of carbonyl (C=O) groups is 2. The zero-order valence-electron chi connectivity index (χ0n) is 14.8. The third-order valence-corrected chi connectivity index (χ3v) is 4.80. The largest absolute Gasteiger partial charge is 0.478 e. The highest BCUT2D eigenvalue weighted by atomic mass is 16.5. The summed E-state index contributed by atoms with van der Waals surface area (Å²) in [5.41, 5.74) is 3.44. The van der Waals surface area contributed by atoms with Crippen LogP contribution in [0.3, 0.4) is 0 Å². The molecule has 1 fully saturated rings. The van der Waals surface area contributed by atoms with Gasteiger partial charge in [-0.05, 0) is 54.5 Å². The second kappa shape index (κ2) is 8.15. The highest BCUT2D eigenvalue weighted by molar-refractivity contribution is 6.01. The van der Waals surface area contributed by atoms with E-state index in [2.05, 4.69) is 5.32 Å². The number of nitrogens with one attached hydrogen (secondary N) is 1. The van der Waals surface area contributed by atoms with E-state index in [1.807, 2.05) is 31.2 Å². The molecule has 0 bridgehead atoms. The van der Waals surface area contributed by atoms with E-state index in [-0.39, 0.29) is 17.4 Å². The fourth-order valence-electron chi connectivity index (χ4n) is 3.31. The van der Waals surface area contributed by atoms with Gasteiger partial charge in [0.25, 0.3) is 0 Å². The Bertz CT molecular complexity index is 809. The van der Waals surface area contributed by atoms with Crippen LogP contribution in [0.1, 0.15) is 35.2 Å². The molecule has 5 nitrogen and oxygen atoms in total. The van der Waals surface area contributed by atoms with E-state index in [9.17, 15) is 14.7 Å². The predicted molar refractivity (Wildman–Crippen MR) is 100 cm³/mol. The number of aryl methyl sites for hydroxylation is 1. The van der Waals surface area contributed by atoms with E-state index in [4.69, 9.17) is 4.74 Å². The maximum atomic E-state index is 12.4. The van der Waals surface area contributed by atoms with Gasteiger partial charge in [0, 0.05) is 19.6 Å². The van der Waals surface area contributed by atoms with Crippen molar-refractivity contribution in [2.24, 2.45) is 5.92 Å². The molecular formula is C21H23NO4. The van der Waals surface area contributed by atoms with Gasteiger partial charge in [-0.25, -0.2) is 4.79 Å². The van der Waals surface area contributed by atoms with Crippen molar-refractivity contribution in [3.05, 3.63) is 53.6 Å². The number of carboxylic acid groups (broad SMARTS) is 1. The van der Waals surface area contributed by atoms with Crippen molar-refractivity contribution in [2.75, 3.05) is 18.5 Å². The molecular weight excluding hydrogens is 330 g/mol. The maximum Gasteiger partial charge on any atom is 0.337 e. The van der Waals surface area contributed by atoms with Crippen LogP contribution in [0, 0.1) is 12.8 Å². The molecule has 2 aromatic carbocycles. The zero-order chi connectivity index (χ0) is 18.5. The summed E-state index contributed by atoms with van der Waals surface area (Å²) >= 11 is 0. The van der Waals surface area contributed by atoms with Crippen molar-refractivity contribution in [3.8, 4) is 11.1 Å². The summed E-state index contributed by atoms with van der Waals surface area (Å²) in [5, 5.41) is 12.3. The van der Waals surface area contributed by atoms with Crippen LogP contribution in [-0.4, -0.2) is 30.2 Å². The lowest BCUT2D eigenvalue weighted by Gasteiger charge is -2.21. The van der Waals surface area contributed by atoms with Gasteiger partial charge in [-0.1, -0.05) is 30.3 Å². The first kappa shape index (κ1) is 18.1. The number of hydrogen-bond donors (Lipinski definition) is 2. The summed E-state index contributed by atoms with van der Waals surface area (Å²) in [6, 6.07) is 13.0. The molecule has 5 heteroatoms. The highest BCUT2D eigenvalue weighted by Gasteiger charge is 2.19. The molecule has 0 spiro atoms. The van der Waals surface area contributed by atoms with Crippen LogP contribution < -0.4 is 5.32 Å². The first-order valence-corrected chi connectivity index (χ1v) is 8.85. The number of hydrogen-bond acceptors (Lipinski definition) is 3. The summed E-state index contributed by atoms with van der Waals surface area (Å²) < 4.78 is 5.32. The Morgan fingerprint density at radius 1 is 1.15 bits per heavy atom. The van der Waals surface area contributed by atoms with Gasteiger partial charge >= 0.3 is 5.97 Å². The van der Waals surface area contributed by atoms with Crippen molar-refractivity contribution in [1.82, 2.24) is 0 Å². The van der Waals surface area contributed by atoms with Crippen molar-refractivity contribution >= 4 is 17.6 Å². The minimum Gasteiger partial charge on any atom is -0.478 e. The molecule has 1 amide bonds. The fraction of sp³-hybridized carbons (Fsp3) is 0.333. The Hall–Kier alpha value is -2.66. The lowest BCUT2D eigenvalue weighted by atomic mass is 9.95. The van der Waals surface area contributed by atoms with Crippen molar-refractivity contribution in [3.63, 3.8) is 0 Å². The molecule has 3 rings (SSSR count). The topological polar surface area (TPSA) is 75.6 Å². The Morgan fingerprint density at radius 3 is 2.58 bits per heavy atom. The first-order chi connectivity index (χ1) is 12.5. The average molecular weight is 353 g/mol. The standard InChI is InChI=1S/C21H23NO4/c1-14-4-2-3-5-17(14)16-6-7-18(21(24)25)19(13-16)22-20(23)12-15-8-10-26-11-9-15/h2-7,13,15H,8-12H2,1H3,(H,22,23)(H,24,25). The quantitative estimate of drug-likeness (QED) is 0.848. The summed E-state index contributed by atoms with van der Waals surface area (Å²) in [7, 11) is 0. The first-order valence-electron chi connectivity index (χ1n) is 8.85. The monoisotopic (exact) mass is 353 g/mol. The maximum absolute atomic E-state index is 12.4. The molecule has 0 atom stereocenters. The number of rotatable bonds is 5.